The van der Waals surface area contributed by atoms with Gasteiger partial charge < -0.3 is 15.1 Å². The van der Waals surface area contributed by atoms with Crippen LogP contribution in [0, 0.1) is 19.8 Å². The van der Waals surface area contributed by atoms with E-state index >= 15 is 0 Å². The highest BCUT2D eigenvalue weighted by Crippen LogP contribution is 2.28. The predicted molar refractivity (Wildman–Crippen MR) is 127 cm³/mol. The Bertz CT molecular complexity index is 983. The topological polar surface area (TPSA) is 78.4 Å². The maximum atomic E-state index is 12.2. The standard InChI is InChI=1S/C24H31N5O2S/c1-16-17(2)26-24(27-22(16)29-12-10-28(11-13-29)18(3)30)32-15-20-6-8-21(9-7-20)23(31)25-14-19-4-5-19/h6-9,19H,4-5,10-15H2,1-3H3,(H,25,31). The Kier molecular flexibility index (Phi) is 6.98. The third-order valence-electron chi connectivity index (χ3n) is 6.20. The van der Waals surface area contributed by atoms with E-state index in [0.29, 0.717) is 11.5 Å². The normalized spacial score (nSPS) is 16.2. The Hall–Kier alpha value is -2.61. The van der Waals surface area contributed by atoms with Crippen molar-refractivity contribution in [2.24, 2.45) is 5.92 Å². The van der Waals surface area contributed by atoms with Gasteiger partial charge in [0.25, 0.3) is 5.91 Å². The highest BCUT2D eigenvalue weighted by molar-refractivity contribution is 7.98. The fourth-order valence-electron chi connectivity index (χ4n) is 3.76. The average Bonchev–Trinajstić information content (AvgIpc) is 3.63. The molecule has 2 heterocycles. The maximum Gasteiger partial charge on any atom is 0.251 e. The van der Waals surface area contributed by atoms with Crippen molar-refractivity contribution in [3.8, 4) is 0 Å². The summed E-state index contributed by atoms with van der Waals surface area (Å²) in [6, 6.07) is 7.78. The van der Waals surface area contributed by atoms with Gasteiger partial charge in [0.2, 0.25) is 5.91 Å². The van der Waals surface area contributed by atoms with Crippen molar-refractivity contribution in [1.29, 1.82) is 0 Å². The van der Waals surface area contributed by atoms with E-state index in [1.54, 1.807) is 18.7 Å². The molecular weight excluding hydrogens is 422 g/mol. The SMILES string of the molecule is CC(=O)N1CCN(c2nc(SCc3ccc(C(=O)NCC4CC4)cc3)nc(C)c2C)CC1. The Balaban J connectivity index is 1.37. The molecule has 0 atom stereocenters. The largest absolute Gasteiger partial charge is 0.353 e. The van der Waals surface area contributed by atoms with Crippen molar-refractivity contribution in [3.05, 3.63) is 46.6 Å². The first-order chi connectivity index (χ1) is 15.4. The van der Waals surface area contributed by atoms with Crippen LogP contribution in [0.4, 0.5) is 5.82 Å². The van der Waals surface area contributed by atoms with E-state index in [9.17, 15) is 9.59 Å². The zero-order chi connectivity index (χ0) is 22.7. The summed E-state index contributed by atoms with van der Waals surface area (Å²) < 4.78 is 0. The van der Waals surface area contributed by atoms with E-state index in [4.69, 9.17) is 4.98 Å². The van der Waals surface area contributed by atoms with Crippen LogP contribution in [0.15, 0.2) is 29.4 Å². The van der Waals surface area contributed by atoms with Crippen molar-refractivity contribution in [2.45, 2.75) is 44.5 Å². The molecular formula is C24H31N5O2S. The van der Waals surface area contributed by atoms with Gasteiger partial charge in [-0.2, -0.15) is 0 Å². The van der Waals surface area contributed by atoms with Crippen LogP contribution in [0.5, 0.6) is 0 Å². The van der Waals surface area contributed by atoms with Gasteiger partial charge in [0.1, 0.15) is 5.82 Å². The van der Waals surface area contributed by atoms with E-state index in [1.165, 1.54) is 12.8 Å². The number of aryl methyl sites for hydroxylation is 1. The minimum atomic E-state index is 0.00288. The summed E-state index contributed by atoms with van der Waals surface area (Å²) in [7, 11) is 0. The fourth-order valence-corrected chi connectivity index (χ4v) is 4.60. The van der Waals surface area contributed by atoms with Gasteiger partial charge in [-0.1, -0.05) is 23.9 Å². The molecule has 170 valence electrons. The molecule has 1 saturated heterocycles. The first-order valence-electron chi connectivity index (χ1n) is 11.3. The number of rotatable bonds is 7. The molecule has 1 saturated carbocycles. The van der Waals surface area contributed by atoms with Crippen molar-refractivity contribution in [1.82, 2.24) is 20.2 Å². The van der Waals surface area contributed by atoms with Gasteiger partial charge in [0, 0.05) is 62.2 Å². The first kappa shape index (κ1) is 22.6. The number of carbonyl (C=O) groups excluding carboxylic acids is 2. The summed E-state index contributed by atoms with van der Waals surface area (Å²) in [4.78, 5) is 37.5. The molecule has 0 unspecified atom stereocenters. The number of piperazine rings is 1. The van der Waals surface area contributed by atoms with Gasteiger partial charge in [-0.05, 0) is 50.3 Å². The van der Waals surface area contributed by atoms with Crippen LogP contribution in [0.25, 0.3) is 0 Å². The second kappa shape index (κ2) is 9.90. The number of benzene rings is 1. The summed E-state index contributed by atoms with van der Waals surface area (Å²) in [6.07, 6.45) is 2.46. The van der Waals surface area contributed by atoms with E-state index in [2.05, 4.69) is 22.1 Å². The van der Waals surface area contributed by atoms with Gasteiger partial charge in [-0.3, -0.25) is 9.59 Å². The predicted octanol–water partition coefficient (Wildman–Crippen LogP) is 3.19. The number of aromatic nitrogens is 2. The van der Waals surface area contributed by atoms with Gasteiger partial charge in [0.15, 0.2) is 5.16 Å². The Morgan fingerprint density at radius 2 is 1.75 bits per heavy atom. The summed E-state index contributed by atoms with van der Waals surface area (Å²) in [5.74, 6) is 2.51. The van der Waals surface area contributed by atoms with Crippen LogP contribution < -0.4 is 10.2 Å². The second-order valence-corrected chi connectivity index (χ2v) is 9.61. The minimum Gasteiger partial charge on any atom is -0.353 e. The Morgan fingerprint density at radius 1 is 1.06 bits per heavy atom. The molecule has 4 rings (SSSR count). The van der Waals surface area contributed by atoms with E-state index < -0.39 is 0 Å². The molecule has 1 N–H and O–H groups in total. The first-order valence-corrected chi connectivity index (χ1v) is 12.2. The number of carbonyl (C=O) groups is 2. The quantitative estimate of drug-likeness (QED) is 0.512. The fraction of sp³-hybridized carbons (Fsp3) is 0.500. The van der Waals surface area contributed by atoms with Crippen molar-refractivity contribution < 1.29 is 9.59 Å². The molecule has 1 aromatic carbocycles. The van der Waals surface area contributed by atoms with Gasteiger partial charge >= 0.3 is 0 Å². The smallest absolute Gasteiger partial charge is 0.251 e. The number of thioether (sulfide) groups is 1. The minimum absolute atomic E-state index is 0.00288. The number of hydrogen-bond acceptors (Lipinski definition) is 6. The van der Waals surface area contributed by atoms with Crippen molar-refractivity contribution >= 4 is 29.4 Å². The third-order valence-corrected chi connectivity index (χ3v) is 7.12. The number of nitrogens with one attached hydrogen (secondary N) is 1. The molecule has 0 radical (unpaired) electrons. The molecule has 7 nitrogen and oxygen atoms in total. The average molecular weight is 454 g/mol. The summed E-state index contributed by atoms with van der Waals surface area (Å²) >= 11 is 1.60. The van der Waals surface area contributed by atoms with E-state index in [-0.39, 0.29) is 11.8 Å². The monoisotopic (exact) mass is 453 g/mol. The van der Waals surface area contributed by atoms with Crippen molar-refractivity contribution in [3.63, 3.8) is 0 Å². The summed E-state index contributed by atoms with van der Waals surface area (Å²) in [5, 5.41) is 3.76. The molecule has 0 spiro atoms. The zero-order valence-electron chi connectivity index (χ0n) is 19.1. The molecule has 2 fully saturated rings. The third kappa shape index (κ3) is 5.59. The van der Waals surface area contributed by atoms with Gasteiger partial charge in [-0.15, -0.1) is 0 Å². The van der Waals surface area contributed by atoms with Crippen molar-refractivity contribution in [2.75, 3.05) is 37.6 Å². The van der Waals surface area contributed by atoms with Crippen LogP contribution in [-0.4, -0.2) is 59.4 Å². The summed E-state index contributed by atoms with van der Waals surface area (Å²) in [6.45, 7) is 9.50. The molecule has 1 aliphatic carbocycles. The molecule has 1 aliphatic heterocycles. The number of hydrogen-bond donors (Lipinski definition) is 1. The van der Waals surface area contributed by atoms with E-state index in [1.807, 2.05) is 36.1 Å². The number of nitrogens with zero attached hydrogens (tertiary/aromatic N) is 4. The van der Waals surface area contributed by atoms with Gasteiger partial charge in [-0.25, -0.2) is 9.97 Å². The highest BCUT2D eigenvalue weighted by atomic mass is 32.2. The van der Waals surface area contributed by atoms with Crippen LogP contribution in [0.3, 0.4) is 0 Å². The molecule has 32 heavy (non-hydrogen) atoms. The van der Waals surface area contributed by atoms with Crippen LogP contribution in [0.1, 0.15) is 46.9 Å². The molecule has 8 heteroatoms. The molecule has 2 aromatic rings. The maximum absolute atomic E-state index is 12.2. The van der Waals surface area contributed by atoms with Crippen LogP contribution in [0.2, 0.25) is 0 Å². The molecule has 1 aromatic heterocycles. The molecule has 0 bridgehead atoms. The highest BCUT2D eigenvalue weighted by Gasteiger charge is 2.23. The van der Waals surface area contributed by atoms with Crippen LogP contribution in [-0.2, 0) is 10.5 Å². The zero-order valence-corrected chi connectivity index (χ0v) is 19.9. The molecule has 2 amide bonds. The lowest BCUT2D eigenvalue weighted by Crippen LogP contribution is -2.48. The lowest BCUT2D eigenvalue weighted by atomic mass is 10.1. The number of anilines is 1. The lowest BCUT2D eigenvalue weighted by Gasteiger charge is -2.35. The second-order valence-electron chi connectivity index (χ2n) is 8.67. The van der Waals surface area contributed by atoms with Crippen LogP contribution >= 0.6 is 11.8 Å². The Labute approximate surface area is 194 Å². The lowest BCUT2D eigenvalue weighted by molar-refractivity contribution is -0.129. The number of amides is 2. The summed E-state index contributed by atoms with van der Waals surface area (Å²) in [5.41, 5.74) is 3.90. The Morgan fingerprint density at radius 3 is 2.38 bits per heavy atom. The van der Waals surface area contributed by atoms with E-state index in [0.717, 1.165) is 66.3 Å². The molecule has 2 aliphatic rings. The van der Waals surface area contributed by atoms with Gasteiger partial charge in [0.05, 0.1) is 0 Å².